The lowest BCUT2D eigenvalue weighted by Crippen LogP contribution is -2.29. The molecule has 1 heterocycles. The van der Waals surface area contributed by atoms with E-state index in [2.05, 4.69) is 10.0 Å². The molecule has 0 radical (unpaired) electrons. The van der Waals surface area contributed by atoms with Crippen molar-refractivity contribution in [2.75, 3.05) is 19.6 Å². The molecule has 21 heavy (non-hydrogen) atoms. The summed E-state index contributed by atoms with van der Waals surface area (Å²) in [4.78, 5) is 9.91. The lowest BCUT2D eigenvalue weighted by atomic mass is 10.1. The van der Waals surface area contributed by atoms with E-state index in [-0.39, 0.29) is 16.5 Å². The minimum Gasteiger partial charge on any atom is -0.313 e. The zero-order valence-corrected chi connectivity index (χ0v) is 12.6. The first-order valence-electron chi connectivity index (χ1n) is 6.22. The van der Waals surface area contributed by atoms with Crippen molar-refractivity contribution in [2.45, 2.75) is 11.3 Å². The molecular formula is C12H14ClN3O4S. The minimum absolute atomic E-state index is 0.0972. The third-order valence-electron chi connectivity index (χ3n) is 3.07. The van der Waals surface area contributed by atoms with Gasteiger partial charge in [0.15, 0.2) is 0 Å². The summed E-state index contributed by atoms with van der Waals surface area (Å²) in [7, 11) is -3.81. The van der Waals surface area contributed by atoms with Crippen LogP contribution < -0.4 is 10.0 Å². The van der Waals surface area contributed by atoms with Crippen LogP contribution >= 0.6 is 11.6 Å². The fraction of sp³-hybridized carbons (Fsp3) is 0.333. The number of nitrogens with one attached hydrogen (secondary N) is 2. The second-order valence-corrected chi connectivity index (χ2v) is 6.69. The molecule has 0 unspecified atom stereocenters. The molecule has 9 heteroatoms. The van der Waals surface area contributed by atoms with E-state index in [1.807, 2.05) is 6.08 Å². The highest BCUT2D eigenvalue weighted by Crippen LogP contribution is 2.27. The molecule has 114 valence electrons. The summed E-state index contributed by atoms with van der Waals surface area (Å²) in [6, 6.07) is 3.41. The first-order valence-corrected chi connectivity index (χ1v) is 8.08. The van der Waals surface area contributed by atoms with E-state index in [1.54, 1.807) is 0 Å². The SMILES string of the molecule is O=[N+]([O-])c1cc(S(=O)(=O)NCC2=CCNCC2)ccc1Cl. The van der Waals surface area contributed by atoms with Gasteiger partial charge in [0.1, 0.15) is 5.02 Å². The molecule has 1 aromatic carbocycles. The topological polar surface area (TPSA) is 101 Å². The molecule has 0 fully saturated rings. The van der Waals surface area contributed by atoms with Crippen molar-refractivity contribution < 1.29 is 13.3 Å². The van der Waals surface area contributed by atoms with Gasteiger partial charge in [0, 0.05) is 19.2 Å². The maximum atomic E-state index is 12.1. The summed E-state index contributed by atoms with van der Waals surface area (Å²) >= 11 is 5.67. The lowest BCUT2D eigenvalue weighted by molar-refractivity contribution is -0.384. The van der Waals surface area contributed by atoms with E-state index in [0.29, 0.717) is 6.54 Å². The summed E-state index contributed by atoms with van der Waals surface area (Å²) in [5.41, 5.74) is 0.557. The average Bonchev–Trinajstić information content (AvgIpc) is 2.46. The van der Waals surface area contributed by atoms with Gasteiger partial charge in [0.05, 0.1) is 9.82 Å². The summed E-state index contributed by atoms with van der Waals surface area (Å²) < 4.78 is 26.7. The molecular weight excluding hydrogens is 318 g/mol. The summed E-state index contributed by atoms with van der Waals surface area (Å²) in [6.07, 6.45) is 2.69. The van der Waals surface area contributed by atoms with Gasteiger partial charge in [-0.3, -0.25) is 10.1 Å². The third kappa shape index (κ3) is 4.01. The number of hydrogen-bond acceptors (Lipinski definition) is 5. The zero-order valence-electron chi connectivity index (χ0n) is 11.0. The zero-order chi connectivity index (χ0) is 15.5. The second kappa shape index (κ2) is 6.52. The van der Waals surface area contributed by atoms with Crippen LogP contribution in [0.25, 0.3) is 0 Å². The molecule has 0 saturated carbocycles. The van der Waals surface area contributed by atoms with E-state index < -0.39 is 20.6 Å². The lowest BCUT2D eigenvalue weighted by Gasteiger charge is -2.14. The maximum absolute atomic E-state index is 12.1. The molecule has 0 amide bonds. The quantitative estimate of drug-likeness (QED) is 0.483. The van der Waals surface area contributed by atoms with Gasteiger partial charge in [0.25, 0.3) is 5.69 Å². The third-order valence-corrected chi connectivity index (χ3v) is 4.79. The maximum Gasteiger partial charge on any atom is 0.289 e. The Kier molecular flexibility index (Phi) is 4.94. The molecule has 0 saturated heterocycles. The molecule has 0 atom stereocenters. The summed E-state index contributed by atoms with van der Waals surface area (Å²) in [6.45, 7) is 1.71. The monoisotopic (exact) mass is 331 g/mol. The van der Waals surface area contributed by atoms with Gasteiger partial charge in [-0.05, 0) is 25.1 Å². The Hall–Kier alpha value is -1.48. The van der Waals surface area contributed by atoms with E-state index in [4.69, 9.17) is 11.6 Å². The van der Waals surface area contributed by atoms with Crippen molar-refractivity contribution >= 4 is 27.3 Å². The van der Waals surface area contributed by atoms with Crippen molar-refractivity contribution in [1.29, 1.82) is 0 Å². The van der Waals surface area contributed by atoms with Crippen LogP contribution in [0, 0.1) is 10.1 Å². The first-order chi connectivity index (χ1) is 9.90. The molecule has 1 aliphatic heterocycles. The Morgan fingerprint density at radius 3 is 2.81 bits per heavy atom. The Labute approximate surface area is 127 Å². The molecule has 2 rings (SSSR count). The van der Waals surface area contributed by atoms with E-state index >= 15 is 0 Å². The number of nitro groups is 1. The highest BCUT2D eigenvalue weighted by Gasteiger charge is 2.20. The minimum atomic E-state index is -3.81. The van der Waals surface area contributed by atoms with E-state index in [0.717, 1.165) is 24.6 Å². The molecule has 0 aromatic heterocycles. The second-order valence-electron chi connectivity index (χ2n) is 4.51. The number of halogens is 1. The van der Waals surface area contributed by atoms with Crippen LogP contribution in [0.1, 0.15) is 6.42 Å². The molecule has 2 N–H and O–H groups in total. The van der Waals surface area contributed by atoms with Gasteiger partial charge in [-0.15, -0.1) is 0 Å². The van der Waals surface area contributed by atoms with Gasteiger partial charge in [-0.2, -0.15) is 0 Å². The molecule has 0 bridgehead atoms. The first kappa shape index (κ1) is 15.9. The smallest absolute Gasteiger partial charge is 0.289 e. The van der Waals surface area contributed by atoms with Crippen LogP contribution in [0.4, 0.5) is 5.69 Å². The van der Waals surface area contributed by atoms with Crippen LogP contribution in [0.15, 0.2) is 34.7 Å². The van der Waals surface area contributed by atoms with E-state index in [9.17, 15) is 18.5 Å². The molecule has 1 aliphatic rings. The fourth-order valence-electron chi connectivity index (χ4n) is 1.90. The highest BCUT2D eigenvalue weighted by atomic mass is 35.5. The molecule has 1 aromatic rings. The number of rotatable bonds is 5. The van der Waals surface area contributed by atoms with Crippen LogP contribution in [0.5, 0.6) is 0 Å². The normalized spacial score (nSPS) is 15.6. The fourth-order valence-corrected chi connectivity index (χ4v) is 3.14. The van der Waals surface area contributed by atoms with Crippen molar-refractivity contribution in [2.24, 2.45) is 0 Å². The molecule has 0 spiro atoms. The van der Waals surface area contributed by atoms with Crippen LogP contribution in [-0.2, 0) is 10.0 Å². The molecule has 7 nitrogen and oxygen atoms in total. The van der Waals surface area contributed by atoms with Crippen LogP contribution in [-0.4, -0.2) is 33.0 Å². The number of nitrogens with zero attached hydrogens (tertiary/aromatic N) is 1. The number of sulfonamides is 1. The Morgan fingerprint density at radius 2 is 2.19 bits per heavy atom. The predicted molar refractivity (Wildman–Crippen MR) is 78.9 cm³/mol. The number of hydrogen-bond donors (Lipinski definition) is 2. The largest absolute Gasteiger partial charge is 0.313 e. The number of nitro benzene ring substituents is 1. The summed E-state index contributed by atoms with van der Waals surface area (Å²) in [5, 5.41) is 13.8. The average molecular weight is 332 g/mol. The molecule has 0 aliphatic carbocycles. The van der Waals surface area contributed by atoms with Crippen molar-refractivity contribution in [3.63, 3.8) is 0 Å². The predicted octanol–water partition coefficient (Wildman–Crippen LogP) is 1.45. The summed E-state index contributed by atoms with van der Waals surface area (Å²) in [5.74, 6) is 0. The number of benzene rings is 1. The van der Waals surface area contributed by atoms with Crippen molar-refractivity contribution in [3.8, 4) is 0 Å². The Morgan fingerprint density at radius 1 is 1.43 bits per heavy atom. The van der Waals surface area contributed by atoms with Gasteiger partial charge in [-0.1, -0.05) is 23.3 Å². The van der Waals surface area contributed by atoms with E-state index in [1.165, 1.54) is 12.1 Å². The highest BCUT2D eigenvalue weighted by molar-refractivity contribution is 7.89. The van der Waals surface area contributed by atoms with Crippen LogP contribution in [0.3, 0.4) is 0 Å². The Bertz CT molecular complexity index is 688. The van der Waals surface area contributed by atoms with Crippen molar-refractivity contribution in [1.82, 2.24) is 10.0 Å². The Balaban J connectivity index is 2.17. The van der Waals surface area contributed by atoms with Crippen molar-refractivity contribution in [3.05, 3.63) is 45.0 Å². The van der Waals surface area contributed by atoms with Gasteiger partial charge in [0.2, 0.25) is 10.0 Å². The van der Waals surface area contributed by atoms with Crippen LogP contribution in [0.2, 0.25) is 5.02 Å². The van der Waals surface area contributed by atoms with Gasteiger partial charge >= 0.3 is 0 Å². The van der Waals surface area contributed by atoms with Gasteiger partial charge in [-0.25, -0.2) is 13.1 Å². The van der Waals surface area contributed by atoms with Gasteiger partial charge < -0.3 is 5.32 Å². The standard InChI is InChI=1S/C12H14ClN3O4S/c13-11-2-1-10(7-12(11)16(17)18)21(19,20)15-8-9-3-5-14-6-4-9/h1-3,7,14-15H,4-6,8H2.